The molecule has 0 bridgehead atoms. The van der Waals surface area contributed by atoms with Crippen LogP contribution in [-0.4, -0.2) is 62.8 Å². The fraction of sp³-hybridized carbons (Fsp3) is 0.615. The van der Waals surface area contributed by atoms with Crippen LogP contribution in [0.4, 0.5) is 0 Å². The van der Waals surface area contributed by atoms with Crippen LogP contribution in [0.25, 0.3) is 16.7 Å². The molecule has 3 aromatic rings. The van der Waals surface area contributed by atoms with Crippen molar-refractivity contribution >= 4 is 11.0 Å². The maximum atomic E-state index is 5.42. The number of nitrogens with zero attached hydrogens (tertiary/aromatic N) is 6. The summed E-state index contributed by atoms with van der Waals surface area (Å²) in [7, 11) is 2.13. The number of aryl methyl sites for hydroxylation is 3. The van der Waals surface area contributed by atoms with Crippen molar-refractivity contribution in [3.8, 4) is 5.69 Å². The van der Waals surface area contributed by atoms with Crippen molar-refractivity contribution < 1.29 is 4.74 Å². The summed E-state index contributed by atoms with van der Waals surface area (Å²) in [6, 6.07) is 2.17. The smallest absolute Gasteiger partial charge is 0.181 e. The number of pyridine rings is 1. The maximum Gasteiger partial charge on any atom is 0.181 e. The van der Waals surface area contributed by atoms with Gasteiger partial charge in [0.05, 0.1) is 23.7 Å². The number of fused-ring (bicyclic) bond motifs is 1. The van der Waals surface area contributed by atoms with Gasteiger partial charge in [-0.3, -0.25) is 4.68 Å². The van der Waals surface area contributed by atoms with Gasteiger partial charge in [0.2, 0.25) is 0 Å². The number of aromatic nitrogens is 5. The number of hydrogen-bond donors (Lipinski definition) is 0. The van der Waals surface area contributed by atoms with Gasteiger partial charge < -0.3 is 17.1 Å². The molecule has 7 nitrogen and oxygen atoms in total. The third kappa shape index (κ3) is 7.12. The molecule has 0 aromatic carbocycles. The van der Waals surface area contributed by atoms with Crippen LogP contribution in [0.3, 0.4) is 0 Å². The van der Waals surface area contributed by atoms with Gasteiger partial charge in [0.15, 0.2) is 5.65 Å². The molecular weight excluding hydrogens is 669 g/mol. The molecule has 0 aliphatic heterocycles. The summed E-state index contributed by atoms with van der Waals surface area (Å²) in [6.45, 7) is 21.1. The van der Waals surface area contributed by atoms with Crippen molar-refractivity contribution in [1.82, 2.24) is 29.4 Å². The van der Waals surface area contributed by atoms with E-state index >= 15 is 0 Å². The summed E-state index contributed by atoms with van der Waals surface area (Å²) in [4.78, 5) is 7.07. The second-order valence-corrected chi connectivity index (χ2v) is 8.40. The molecule has 0 atom stereocenters. The van der Waals surface area contributed by atoms with E-state index in [4.69, 9.17) is 14.8 Å². The molecule has 198 valence electrons. The van der Waals surface area contributed by atoms with Crippen LogP contribution in [0, 0.1) is 28.2 Å². The van der Waals surface area contributed by atoms with E-state index in [0.29, 0.717) is 5.92 Å². The van der Waals surface area contributed by atoms with E-state index < -0.39 is 0 Å². The van der Waals surface area contributed by atoms with Crippen LogP contribution in [0.2, 0.25) is 0 Å². The van der Waals surface area contributed by atoms with E-state index in [2.05, 4.69) is 57.0 Å². The van der Waals surface area contributed by atoms with Crippen LogP contribution in [0.1, 0.15) is 69.6 Å². The van der Waals surface area contributed by atoms with E-state index in [9.17, 15) is 0 Å². The number of likely N-dealkylation sites (N-methyl/N-ethyl adjacent to an activating group) is 1. The predicted octanol–water partition coefficient (Wildman–Crippen LogP) is 5.50. The summed E-state index contributed by atoms with van der Waals surface area (Å²) in [6.07, 6.45) is 3.14. The molecule has 0 saturated heterocycles. The summed E-state index contributed by atoms with van der Waals surface area (Å²) in [5.41, 5.74) is 6.38. The van der Waals surface area contributed by atoms with Crippen molar-refractivity contribution in [3.05, 3.63) is 42.3 Å². The molecule has 3 rings (SSSR count). The quantitative estimate of drug-likeness (QED) is 0.205. The minimum absolute atomic E-state index is 0. The van der Waals surface area contributed by atoms with Gasteiger partial charge >= 0.3 is 0 Å². The maximum absolute atomic E-state index is 5.42. The van der Waals surface area contributed by atoms with Crippen molar-refractivity contribution in [1.29, 1.82) is 0 Å². The first-order valence-electron chi connectivity index (χ1n) is 12.0. The molecule has 3 heterocycles. The molecule has 0 spiro atoms. The Morgan fingerprint density at radius 1 is 1.06 bits per heavy atom. The summed E-state index contributed by atoms with van der Waals surface area (Å²) in [5.74, 6) is 0.449. The molecule has 0 N–H and O–H groups in total. The first-order valence-corrected chi connectivity index (χ1v) is 12.0. The average Bonchev–Trinajstić information content (AvgIpc) is 3.27. The van der Waals surface area contributed by atoms with Gasteiger partial charge in [-0.05, 0) is 65.3 Å². The largest absolute Gasteiger partial charge is 0.380 e. The summed E-state index contributed by atoms with van der Waals surface area (Å²) >= 11 is 0. The monoisotopic (exact) mass is 714 g/mol. The average molecular weight is 715 g/mol. The Bertz CT molecular complexity index is 995. The van der Waals surface area contributed by atoms with Gasteiger partial charge in [0.25, 0.3) is 0 Å². The molecule has 0 aliphatic carbocycles. The minimum Gasteiger partial charge on any atom is -0.380 e. The van der Waals surface area contributed by atoms with Crippen molar-refractivity contribution in [2.75, 3.05) is 33.4 Å². The molecule has 0 fully saturated rings. The molecule has 0 saturated carbocycles. The summed E-state index contributed by atoms with van der Waals surface area (Å²) < 4.78 is 9.47. The fourth-order valence-electron chi connectivity index (χ4n) is 4.12. The van der Waals surface area contributed by atoms with E-state index in [0.717, 1.165) is 67.4 Å². The van der Waals surface area contributed by atoms with Crippen molar-refractivity contribution in [2.24, 2.45) is 0 Å². The van der Waals surface area contributed by atoms with Gasteiger partial charge in [0, 0.05) is 37.0 Å². The SMILES string of the molecule is CC.CCOCCN(C)CCCn1cc2cc(-n3nc(C)c(C(C)C)c3C)c(C)nc2n1.[CH3-].[Fm]. The van der Waals surface area contributed by atoms with Crippen LogP contribution < -0.4 is 0 Å². The Morgan fingerprint density at radius 3 is 2.32 bits per heavy atom. The number of rotatable bonds is 10. The zero-order valence-corrected chi connectivity index (χ0v) is 25.3. The number of ether oxygens (including phenoxy) is 1. The normalized spacial score (nSPS) is 10.8. The Labute approximate surface area is 201 Å². The Hall–Kier alpha value is -3.25. The zero-order chi connectivity index (χ0) is 23.8. The van der Waals surface area contributed by atoms with Crippen molar-refractivity contribution in [2.45, 2.75) is 74.3 Å². The van der Waals surface area contributed by atoms with E-state index in [1.807, 2.05) is 37.1 Å². The molecular formula is C26H45FmN6O-. The van der Waals surface area contributed by atoms with Crippen LogP contribution >= 0.6 is 0 Å². The first kappa shape index (κ1) is 30.8. The zero-order valence-electron chi connectivity index (χ0n) is 22.9. The van der Waals surface area contributed by atoms with E-state index in [-0.39, 0.29) is 7.43 Å². The minimum atomic E-state index is 0. The molecule has 0 amide bonds. The first-order chi connectivity index (χ1) is 15.3. The second-order valence-electron chi connectivity index (χ2n) is 8.40. The number of hydrogen-bond acceptors (Lipinski definition) is 5. The molecule has 0 aliphatic rings. The fourth-order valence-corrected chi connectivity index (χ4v) is 4.12. The van der Waals surface area contributed by atoms with E-state index in [1.54, 1.807) is 0 Å². The Kier molecular flexibility index (Phi) is 12.8. The third-order valence-electron chi connectivity index (χ3n) is 5.61. The second kappa shape index (κ2) is 14.1. The molecule has 0 radical (unpaired) electrons. The van der Waals surface area contributed by atoms with Gasteiger partial charge in [0.1, 0.15) is 0 Å². The van der Waals surface area contributed by atoms with Crippen LogP contribution in [-0.2, 0) is 11.3 Å². The Balaban J connectivity index is 0.00000265. The van der Waals surface area contributed by atoms with Gasteiger partial charge in [-0.25, -0.2) is 9.67 Å². The Morgan fingerprint density at radius 2 is 1.74 bits per heavy atom. The molecule has 3 aromatic heterocycles. The van der Waals surface area contributed by atoms with Crippen LogP contribution in [0.5, 0.6) is 0 Å². The third-order valence-corrected chi connectivity index (χ3v) is 5.61. The van der Waals surface area contributed by atoms with Crippen molar-refractivity contribution in [3.63, 3.8) is 0 Å². The topological polar surface area (TPSA) is 61.0 Å². The predicted molar refractivity (Wildman–Crippen MR) is 139 cm³/mol. The summed E-state index contributed by atoms with van der Waals surface area (Å²) in [5, 5.41) is 10.6. The van der Waals surface area contributed by atoms with Gasteiger partial charge in [-0.2, -0.15) is 10.2 Å². The van der Waals surface area contributed by atoms with E-state index in [1.165, 1.54) is 11.3 Å². The van der Waals surface area contributed by atoms with Gasteiger partial charge in [-0.1, -0.05) is 27.7 Å². The van der Waals surface area contributed by atoms with Crippen LogP contribution in [0.15, 0.2) is 12.3 Å². The molecule has 8 heteroatoms. The molecule has 0 unspecified atom stereocenters. The van der Waals surface area contributed by atoms with Gasteiger partial charge in [-0.15, -0.1) is 0 Å². The molecule has 34 heavy (non-hydrogen) atoms. The standard InChI is InChI=1S/C23H36N6O.C2H6.CH3.Fm/c1-8-30-13-12-27(7)10-9-11-28-15-20-14-21(17(4)24-23(20)26-28)29-19(6)22(16(2)3)18(5)25-29;1-2;;/h14-16H,8-13H2,1-7H3;1-2H3;1H3;/q;;-1;.